The summed E-state index contributed by atoms with van der Waals surface area (Å²) in [6.07, 6.45) is 0. The van der Waals surface area contributed by atoms with Crippen molar-refractivity contribution in [3.63, 3.8) is 0 Å². The van der Waals surface area contributed by atoms with Crippen LogP contribution in [-0.2, 0) is 0 Å². The number of halogens is 1. The maximum absolute atomic E-state index is 10.8. The lowest BCUT2D eigenvalue weighted by molar-refractivity contribution is -0.384. The number of nitro benzene ring substituents is 1. The number of nitrogens with zero attached hydrogens (tertiary/aromatic N) is 1. The van der Waals surface area contributed by atoms with E-state index in [1.165, 1.54) is 18.2 Å². The molecule has 0 spiro atoms. The summed E-state index contributed by atoms with van der Waals surface area (Å²) in [7, 11) is 0. The maximum atomic E-state index is 10.8. The van der Waals surface area contributed by atoms with Crippen molar-refractivity contribution in [1.29, 1.82) is 0 Å². The Balaban J connectivity index is 1.72. The van der Waals surface area contributed by atoms with Crippen molar-refractivity contribution < 1.29 is 14.4 Å². The van der Waals surface area contributed by atoms with Crippen LogP contribution in [0.5, 0.6) is 11.5 Å². The first-order chi connectivity index (χ1) is 11.0. The molecule has 0 saturated carbocycles. The lowest BCUT2D eigenvalue weighted by Gasteiger charge is -2.12. The average molecular weight is 352 g/mol. The largest absolute Gasteiger partial charge is 0.454 e. The van der Waals surface area contributed by atoms with E-state index in [9.17, 15) is 10.1 Å². The van der Waals surface area contributed by atoms with E-state index in [1.54, 1.807) is 18.2 Å². The van der Waals surface area contributed by atoms with Gasteiger partial charge in [-0.3, -0.25) is 10.1 Å². The molecule has 1 aliphatic rings. The number of ether oxygens (including phenoxy) is 2. The smallest absolute Gasteiger partial charge is 0.271 e. The molecule has 7 nitrogen and oxygen atoms in total. The van der Waals surface area contributed by atoms with Gasteiger partial charge in [-0.05, 0) is 30.4 Å². The van der Waals surface area contributed by atoms with Crippen molar-refractivity contribution in [2.45, 2.75) is 0 Å². The van der Waals surface area contributed by atoms with Crippen LogP contribution in [0, 0.1) is 10.1 Å². The number of non-ortho nitro benzene ring substituents is 1. The monoisotopic (exact) mass is 351 g/mol. The highest BCUT2D eigenvalue weighted by atomic mass is 35.5. The Morgan fingerprint density at radius 2 is 1.96 bits per heavy atom. The van der Waals surface area contributed by atoms with Crippen molar-refractivity contribution in [3.8, 4) is 11.5 Å². The molecule has 1 heterocycles. The quantitative estimate of drug-likeness (QED) is 0.494. The third kappa shape index (κ3) is 3.43. The molecule has 2 N–H and O–H groups in total. The molecular weight excluding hydrogens is 342 g/mol. The fraction of sp³-hybridized carbons (Fsp3) is 0.0714. The Morgan fingerprint density at radius 3 is 2.74 bits per heavy atom. The summed E-state index contributed by atoms with van der Waals surface area (Å²) >= 11 is 11.2. The third-order valence-corrected chi connectivity index (χ3v) is 3.57. The number of nitrogens with one attached hydrogen (secondary N) is 2. The van der Waals surface area contributed by atoms with Crippen LogP contribution in [0.25, 0.3) is 0 Å². The second-order valence-corrected chi connectivity index (χ2v) is 5.38. The molecule has 9 heteroatoms. The molecule has 2 aromatic rings. The predicted octanol–water partition coefficient (Wildman–Crippen LogP) is 3.79. The van der Waals surface area contributed by atoms with Gasteiger partial charge in [-0.25, -0.2) is 0 Å². The van der Waals surface area contributed by atoms with Gasteiger partial charge in [0.25, 0.3) is 5.69 Å². The van der Waals surface area contributed by atoms with Gasteiger partial charge >= 0.3 is 0 Å². The minimum absolute atomic E-state index is 0.0808. The van der Waals surface area contributed by atoms with Gasteiger partial charge in [-0.1, -0.05) is 11.6 Å². The van der Waals surface area contributed by atoms with E-state index in [0.29, 0.717) is 27.9 Å². The van der Waals surface area contributed by atoms with Crippen LogP contribution in [0.1, 0.15) is 0 Å². The molecule has 0 aliphatic carbocycles. The molecule has 1 aliphatic heterocycles. The van der Waals surface area contributed by atoms with E-state index in [-0.39, 0.29) is 17.6 Å². The number of benzene rings is 2. The molecule has 23 heavy (non-hydrogen) atoms. The molecule has 0 atom stereocenters. The highest BCUT2D eigenvalue weighted by Crippen LogP contribution is 2.34. The normalized spacial score (nSPS) is 11.9. The van der Waals surface area contributed by atoms with Gasteiger partial charge in [0.2, 0.25) is 6.79 Å². The van der Waals surface area contributed by atoms with Gasteiger partial charge in [0, 0.05) is 23.9 Å². The second kappa shape index (κ2) is 6.27. The van der Waals surface area contributed by atoms with Gasteiger partial charge in [-0.15, -0.1) is 0 Å². The van der Waals surface area contributed by atoms with Crippen LogP contribution >= 0.6 is 23.8 Å². The highest BCUT2D eigenvalue weighted by Gasteiger charge is 2.14. The van der Waals surface area contributed by atoms with Crippen LogP contribution in [0.3, 0.4) is 0 Å². The SMILES string of the molecule is O=[N+]([O-])c1ccc(Cl)c(NC(=S)Nc2ccc3c(c2)OCO3)c1. The Morgan fingerprint density at radius 1 is 1.17 bits per heavy atom. The first-order valence-corrected chi connectivity index (χ1v) is 7.23. The molecular formula is C14H10ClN3O4S. The van der Waals surface area contributed by atoms with Gasteiger partial charge in [0.1, 0.15) is 0 Å². The van der Waals surface area contributed by atoms with Gasteiger partial charge in [0.15, 0.2) is 16.6 Å². The predicted molar refractivity (Wildman–Crippen MR) is 90.5 cm³/mol. The zero-order valence-electron chi connectivity index (χ0n) is 11.5. The van der Waals surface area contributed by atoms with E-state index in [1.807, 2.05) is 0 Å². The summed E-state index contributed by atoms with van der Waals surface area (Å²) < 4.78 is 10.5. The molecule has 0 amide bonds. The number of hydrogen-bond acceptors (Lipinski definition) is 5. The summed E-state index contributed by atoms with van der Waals surface area (Å²) in [4.78, 5) is 10.3. The zero-order valence-corrected chi connectivity index (χ0v) is 13.1. The van der Waals surface area contributed by atoms with Crippen molar-refractivity contribution in [3.05, 3.63) is 51.5 Å². The Bertz CT molecular complexity index is 800. The molecule has 2 aromatic carbocycles. The summed E-state index contributed by atoms with van der Waals surface area (Å²) in [5.41, 5.74) is 0.954. The fourth-order valence-corrected chi connectivity index (χ4v) is 2.37. The van der Waals surface area contributed by atoms with Crippen molar-refractivity contribution in [2.75, 3.05) is 17.4 Å². The zero-order chi connectivity index (χ0) is 16.4. The maximum Gasteiger partial charge on any atom is 0.271 e. The fourth-order valence-electron chi connectivity index (χ4n) is 1.98. The van der Waals surface area contributed by atoms with Crippen LogP contribution in [0.15, 0.2) is 36.4 Å². The lowest BCUT2D eigenvalue weighted by Crippen LogP contribution is -2.19. The summed E-state index contributed by atoms with van der Waals surface area (Å²) in [6.45, 7) is 0.185. The summed E-state index contributed by atoms with van der Waals surface area (Å²) in [6, 6.07) is 9.35. The van der Waals surface area contributed by atoms with Crippen molar-refractivity contribution in [2.24, 2.45) is 0 Å². The number of fused-ring (bicyclic) bond motifs is 1. The summed E-state index contributed by atoms with van der Waals surface area (Å²) in [5, 5.41) is 17.2. The number of hydrogen-bond donors (Lipinski definition) is 2. The van der Waals surface area contributed by atoms with Gasteiger partial charge in [0.05, 0.1) is 15.6 Å². The van der Waals surface area contributed by atoms with E-state index < -0.39 is 4.92 Å². The van der Waals surface area contributed by atoms with Gasteiger partial charge in [-0.2, -0.15) is 0 Å². The topological polar surface area (TPSA) is 85.7 Å². The molecule has 0 unspecified atom stereocenters. The summed E-state index contributed by atoms with van der Waals surface area (Å²) in [5.74, 6) is 1.28. The lowest BCUT2D eigenvalue weighted by atomic mass is 10.2. The van der Waals surface area contributed by atoms with E-state index in [4.69, 9.17) is 33.3 Å². The second-order valence-electron chi connectivity index (χ2n) is 4.57. The average Bonchev–Trinajstić information content (AvgIpc) is 2.96. The molecule has 3 rings (SSSR count). The Hall–Kier alpha value is -2.58. The van der Waals surface area contributed by atoms with E-state index in [0.717, 1.165) is 0 Å². The van der Waals surface area contributed by atoms with E-state index in [2.05, 4.69) is 10.6 Å². The van der Waals surface area contributed by atoms with Crippen molar-refractivity contribution >= 4 is 46.0 Å². The van der Waals surface area contributed by atoms with Crippen LogP contribution in [0.2, 0.25) is 5.02 Å². The van der Waals surface area contributed by atoms with Crippen LogP contribution in [0.4, 0.5) is 17.1 Å². The number of nitro groups is 1. The van der Waals surface area contributed by atoms with E-state index >= 15 is 0 Å². The molecule has 0 bridgehead atoms. The molecule has 0 fully saturated rings. The first kappa shape index (κ1) is 15.3. The van der Waals surface area contributed by atoms with Gasteiger partial charge < -0.3 is 20.1 Å². The van der Waals surface area contributed by atoms with Crippen LogP contribution < -0.4 is 20.1 Å². The van der Waals surface area contributed by atoms with Crippen molar-refractivity contribution in [1.82, 2.24) is 0 Å². The number of thiocarbonyl (C=S) groups is 1. The molecule has 0 radical (unpaired) electrons. The molecule has 0 aromatic heterocycles. The minimum atomic E-state index is -0.504. The third-order valence-electron chi connectivity index (χ3n) is 3.04. The molecule has 0 saturated heterocycles. The molecule has 118 valence electrons. The Labute approximate surface area is 141 Å². The Kier molecular flexibility index (Phi) is 4.18. The highest BCUT2D eigenvalue weighted by molar-refractivity contribution is 7.80. The standard InChI is InChI=1S/C14H10ClN3O4S/c15-10-3-2-9(18(19)20)6-11(10)17-14(23)16-8-1-4-12-13(5-8)22-7-21-12/h1-6H,7H2,(H2,16,17,23). The minimum Gasteiger partial charge on any atom is -0.454 e. The first-order valence-electron chi connectivity index (χ1n) is 6.44. The van der Waals surface area contributed by atoms with Crippen LogP contribution in [-0.4, -0.2) is 16.8 Å². The number of rotatable bonds is 3. The number of anilines is 2.